The zero-order chi connectivity index (χ0) is 15.6. The second kappa shape index (κ2) is 7.36. The van der Waals surface area contributed by atoms with Crippen molar-refractivity contribution in [2.75, 3.05) is 14.2 Å². The summed E-state index contributed by atoms with van der Waals surface area (Å²) in [5.41, 5.74) is 2.03. The summed E-state index contributed by atoms with van der Waals surface area (Å²) >= 11 is 16.8. The summed E-state index contributed by atoms with van der Waals surface area (Å²) in [6.45, 7) is 0. The zero-order valence-electron chi connectivity index (χ0n) is 11.3. The molecule has 0 amide bonds. The molecule has 0 saturated carbocycles. The predicted octanol–water partition coefficient (Wildman–Crippen LogP) is 6.37. The van der Waals surface area contributed by atoms with E-state index in [4.69, 9.17) is 21.1 Å². The van der Waals surface area contributed by atoms with Gasteiger partial charge in [-0.15, -0.1) is 0 Å². The number of ether oxygens (including phenoxy) is 2. The molecule has 0 aliphatic heterocycles. The van der Waals surface area contributed by atoms with Crippen LogP contribution >= 0.6 is 59.4 Å². The second-order valence-corrected chi connectivity index (χ2v) is 7.21. The Hall–Kier alpha value is -0.230. The molecule has 0 N–H and O–H groups in total. The monoisotopic (exact) mass is 496 g/mol. The molecule has 21 heavy (non-hydrogen) atoms. The van der Waals surface area contributed by atoms with E-state index in [0.29, 0.717) is 5.02 Å². The van der Waals surface area contributed by atoms with Crippen LogP contribution in [-0.4, -0.2) is 14.2 Å². The maximum Gasteiger partial charge on any atom is 0.141 e. The molecule has 0 aromatic heterocycles. The molecule has 1 atom stereocenters. The van der Waals surface area contributed by atoms with Crippen molar-refractivity contribution in [3.63, 3.8) is 0 Å². The van der Waals surface area contributed by atoms with Crippen molar-refractivity contribution in [3.05, 3.63) is 55.4 Å². The molecule has 112 valence electrons. The quantitative estimate of drug-likeness (QED) is 0.456. The van der Waals surface area contributed by atoms with Crippen LogP contribution in [0.3, 0.4) is 0 Å². The third-order valence-corrected chi connectivity index (χ3v) is 6.03. The minimum Gasteiger partial charge on any atom is -0.495 e. The summed E-state index contributed by atoms with van der Waals surface area (Å²) in [7, 11) is 3.26. The van der Waals surface area contributed by atoms with Gasteiger partial charge in [0.25, 0.3) is 0 Å². The van der Waals surface area contributed by atoms with Crippen LogP contribution in [0.1, 0.15) is 16.0 Å². The molecule has 2 nitrogen and oxygen atoms in total. The third kappa shape index (κ3) is 3.58. The van der Waals surface area contributed by atoms with Gasteiger partial charge in [0.2, 0.25) is 0 Å². The average molecular weight is 499 g/mol. The molecule has 6 heteroatoms. The van der Waals surface area contributed by atoms with E-state index in [1.807, 2.05) is 30.3 Å². The lowest BCUT2D eigenvalue weighted by Gasteiger charge is -2.18. The zero-order valence-corrected chi connectivity index (χ0v) is 16.8. The Labute approximate surface area is 154 Å². The van der Waals surface area contributed by atoms with Crippen molar-refractivity contribution in [2.24, 2.45) is 0 Å². The van der Waals surface area contributed by atoms with Gasteiger partial charge in [-0.05, 0) is 55.6 Å². The van der Waals surface area contributed by atoms with Crippen molar-refractivity contribution < 1.29 is 9.47 Å². The van der Waals surface area contributed by atoms with E-state index in [9.17, 15) is 0 Å². The normalized spacial score (nSPS) is 12.1. The maximum atomic E-state index is 6.17. The third-order valence-electron chi connectivity index (χ3n) is 3.03. The van der Waals surface area contributed by atoms with Gasteiger partial charge in [-0.2, -0.15) is 0 Å². The molecule has 0 aliphatic rings. The van der Waals surface area contributed by atoms with Gasteiger partial charge in [0.1, 0.15) is 16.0 Å². The summed E-state index contributed by atoms with van der Waals surface area (Å²) < 4.78 is 12.5. The van der Waals surface area contributed by atoms with Crippen LogP contribution in [0.25, 0.3) is 0 Å². The molecule has 0 heterocycles. The lowest BCUT2D eigenvalue weighted by Crippen LogP contribution is -1.99. The lowest BCUT2D eigenvalue weighted by atomic mass is 10.0. The number of methoxy groups -OCH3 is 2. The maximum absolute atomic E-state index is 6.17. The van der Waals surface area contributed by atoms with Gasteiger partial charge < -0.3 is 9.47 Å². The molecular formula is C15H12Br3ClO2. The van der Waals surface area contributed by atoms with Gasteiger partial charge in [0.15, 0.2) is 0 Å². The van der Waals surface area contributed by atoms with Gasteiger partial charge in [-0.3, -0.25) is 0 Å². The Morgan fingerprint density at radius 3 is 2.33 bits per heavy atom. The fraction of sp³-hybridized carbons (Fsp3) is 0.200. The summed E-state index contributed by atoms with van der Waals surface area (Å²) in [6.07, 6.45) is 0. The lowest BCUT2D eigenvalue weighted by molar-refractivity contribution is 0.386. The molecule has 0 aliphatic carbocycles. The Kier molecular flexibility index (Phi) is 6.00. The Bertz CT molecular complexity index is 662. The van der Waals surface area contributed by atoms with Crippen molar-refractivity contribution >= 4 is 59.4 Å². The smallest absolute Gasteiger partial charge is 0.141 e. The molecule has 2 aromatic carbocycles. The largest absolute Gasteiger partial charge is 0.495 e. The van der Waals surface area contributed by atoms with Crippen LogP contribution < -0.4 is 9.47 Å². The fourth-order valence-corrected chi connectivity index (χ4v) is 3.73. The van der Waals surface area contributed by atoms with Gasteiger partial charge in [0, 0.05) is 10.0 Å². The van der Waals surface area contributed by atoms with Crippen LogP contribution in [0.2, 0.25) is 5.02 Å². The predicted molar refractivity (Wildman–Crippen MR) is 97.2 cm³/mol. The highest BCUT2D eigenvalue weighted by atomic mass is 79.9. The molecular weight excluding hydrogens is 487 g/mol. The van der Waals surface area contributed by atoms with E-state index in [-0.39, 0.29) is 4.83 Å². The van der Waals surface area contributed by atoms with Crippen LogP contribution in [0.5, 0.6) is 11.5 Å². The van der Waals surface area contributed by atoms with Gasteiger partial charge in [-0.25, -0.2) is 0 Å². The average Bonchev–Trinajstić information content (AvgIpc) is 2.49. The first-order valence-corrected chi connectivity index (χ1v) is 8.87. The minimum atomic E-state index is -0.0414. The van der Waals surface area contributed by atoms with Crippen LogP contribution in [0, 0.1) is 0 Å². The number of alkyl halides is 1. The highest BCUT2D eigenvalue weighted by Gasteiger charge is 2.20. The summed E-state index contributed by atoms with van der Waals surface area (Å²) in [5, 5.41) is 0.670. The first-order chi connectivity index (χ1) is 9.99. The highest BCUT2D eigenvalue weighted by molar-refractivity contribution is 9.11. The SMILES string of the molecule is COc1ccc(C(Br)c2ccc(Br)c(Cl)c2)c(OC)c1Br. The van der Waals surface area contributed by atoms with Crippen molar-refractivity contribution in [1.82, 2.24) is 0 Å². The van der Waals surface area contributed by atoms with Crippen molar-refractivity contribution in [1.29, 1.82) is 0 Å². The number of hydrogen-bond donors (Lipinski definition) is 0. The molecule has 0 spiro atoms. The summed E-state index contributed by atoms with van der Waals surface area (Å²) in [4.78, 5) is -0.0414. The molecule has 2 rings (SSSR count). The number of hydrogen-bond acceptors (Lipinski definition) is 2. The summed E-state index contributed by atoms with van der Waals surface area (Å²) in [5.74, 6) is 1.46. The van der Waals surface area contributed by atoms with Gasteiger partial charge in [0.05, 0.1) is 24.1 Å². The minimum absolute atomic E-state index is 0.0414. The Balaban J connectivity index is 2.50. The van der Waals surface area contributed by atoms with E-state index in [1.165, 1.54) is 0 Å². The molecule has 0 radical (unpaired) electrons. The number of benzene rings is 2. The van der Waals surface area contributed by atoms with Crippen LogP contribution in [0.4, 0.5) is 0 Å². The Morgan fingerprint density at radius 2 is 1.76 bits per heavy atom. The van der Waals surface area contributed by atoms with E-state index in [2.05, 4.69) is 47.8 Å². The first kappa shape index (κ1) is 17.1. The van der Waals surface area contributed by atoms with E-state index < -0.39 is 0 Å². The molecule has 0 fully saturated rings. The van der Waals surface area contributed by atoms with Crippen molar-refractivity contribution in [3.8, 4) is 11.5 Å². The summed E-state index contributed by atoms with van der Waals surface area (Å²) in [6, 6.07) is 9.72. The molecule has 1 unspecified atom stereocenters. The number of rotatable bonds is 4. The highest BCUT2D eigenvalue weighted by Crippen LogP contribution is 2.44. The van der Waals surface area contributed by atoms with Crippen LogP contribution in [0.15, 0.2) is 39.3 Å². The van der Waals surface area contributed by atoms with E-state index in [1.54, 1.807) is 14.2 Å². The Morgan fingerprint density at radius 1 is 1.05 bits per heavy atom. The second-order valence-electron chi connectivity index (χ2n) is 4.24. The van der Waals surface area contributed by atoms with Gasteiger partial charge in [-0.1, -0.05) is 39.7 Å². The molecule has 2 aromatic rings. The van der Waals surface area contributed by atoms with Gasteiger partial charge >= 0.3 is 0 Å². The van der Waals surface area contributed by atoms with E-state index >= 15 is 0 Å². The standard InChI is InChI=1S/C15H12Br3ClO2/c1-20-12-6-4-9(15(21-2)14(12)18)13(17)8-3-5-10(16)11(19)7-8/h3-7,13H,1-2H3. The fourth-order valence-electron chi connectivity index (χ4n) is 1.97. The van der Waals surface area contributed by atoms with Crippen LogP contribution in [-0.2, 0) is 0 Å². The first-order valence-electron chi connectivity index (χ1n) is 5.99. The molecule has 0 saturated heterocycles. The van der Waals surface area contributed by atoms with E-state index in [0.717, 1.165) is 31.6 Å². The van der Waals surface area contributed by atoms with Crippen molar-refractivity contribution in [2.45, 2.75) is 4.83 Å². The number of halogens is 4. The molecule has 0 bridgehead atoms. The topological polar surface area (TPSA) is 18.5 Å².